The van der Waals surface area contributed by atoms with E-state index in [1.54, 1.807) is 30.3 Å². The van der Waals surface area contributed by atoms with Crippen LogP contribution in [0.3, 0.4) is 0 Å². The third-order valence-electron chi connectivity index (χ3n) is 4.14. The zero-order chi connectivity index (χ0) is 19.4. The summed E-state index contributed by atoms with van der Waals surface area (Å²) in [6, 6.07) is 11.4. The van der Waals surface area contributed by atoms with Crippen LogP contribution in [0, 0.1) is 5.82 Å². The van der Waals surface area contributed by atoms with Crippen molar-refractivity contribution < 1.29 is 18.7 Å². The van der Waals surface area contributed by atoms with Crippen LogP contribution in [0.25, 0.3) is 0 Å². The van der Waals surface area contributed by atoms with Crippen LogP contribution >= 0.6 is 23.4 Å². The number of esters is 1. The molecule has 1 amide bonds. The van der Waals surface area contributed by atoms with Gasteiger partial charge in [-0.05, 0) is 49.2 Å². The maximum Gasteiger partial charge on any atom is 0.333 e. The van der Waals surface area contributed by atoms with Crippen molar-refractivity contribution in [2.75, 3.05) is 7.11 Å². The van der Waals surface area contributed by atoms with Gasteiger partial charge in [-0.2, -0.15) is 0 Å². The van der Waals surface area contributed by atoms with E-state index in [1.807, 2.05) is 12.1 Å². The molecule has 0 fully saturated rings. The van der Waals surface area contributed by atoms with Crippen molar-refractivity contribution in [3.63, 3.8) is 0 Å². The zero-order valence-corrected chi connectivity index (χ0v) is 16.1. The van der Waals surface area contributed by atoms with Gasteiger partial charge in [-0.15, -0.1) is 0 Å². The standard InChI is InChI=1S/C20H17ClFNO3S/c1-26-20(25)12-5-8-14(11-12)23-19(24)18-16(22)3-2-4-17(18)27-15-9-6-13(21)7-10-15/h2-7,9-10,14H,8,11H2,1H3,(H,23,24). The Balaban J connectivity index is 1.75. The Hall–Kier alpha value is -2.31. The van der Waals surface area contributed by atoms with Crippen molar-refractivity contribution in [2.45, 2.75) is 28.7 Å². The third kappa shape index (κ3) is 4.70. The summed E-state index contributed by atoms with van der Waals surface area (Å²) in [5.74, 6) is -1.50. The largest absolute Gasteiger partial charge is 0.466 e. The summed E-state index contributed by atoms with van der Waals surface area (Å²) in [4.78, 5) is 25.6. The van der Waals surface area contributed by atoms with Gasteiger partial charge in [0.1, 0.15) is 5.82 Å². The molecule has 1 atom stereocenters. The van der Waals surface area contributed by atoms with E-state index in [0.29, 0.717) is 28.3 Å². The molecule has 140 valence electrons. The second-order valence-corrected chi connectivity index (χ2v) is 7.55. The van der Waals surface area contributed by atoms with E-state index in [-0.39, 0.29) is 11.6 Å². The van der Waals surface area contributed by atoms with E-state index in [1.165, 1.54) is 24.9 Å². The van der Waals surface area contributed by atoms with Gasteiger partial charge in [-0.25, -0.2) is 9.18 Å². The lowest BCUT2D eigenvalue weighted by Gasteiger charge is -2.15. The Morgan fingerprint density at radius 1 is 1.22 bits per heavy atom. The quantitative estimate of drug-likeness (QED) is 0.737. The summed E-state index contributed by atoms with van der Waals surface area (Å²) >= 11 is 7.18. The summed E-state index contributed by atoms with van der Waals surface area (Å²) in [7, 11) is 1.31. The van der Waals surface area contributed by atoms with Gasteiger partial charge < -0.3 is 10.1 Å². The van der Waals surface area contributed by atoms with Gasteiger partial charge in [0, 0.05) is 26.4 Å². The molecule has 3 rings (SSSR count). The predicted octanol–water partition coefficient (Wildman–Crippen LogP) is 4.62. The number of ether oxygens (including phenoxy) is 1. The molecular weight excluding hydrogens is 389 g/mol. The Morgan fingerprint density at radius 2 is 1.96 bits per heavy atom. The van der Waals surface area contributed by atoms with E-state index < -0.39 is 17.7 Å². The minimum Gasteiger partial charge on any atom is -0.466 e. The molecule has 1 N–H and O–H groups in total. The first kappa shape index (κ1) is 19.5. The number of hydrogen-bond donors (Lipinski definition) is 1. The summed E-state index contributed by atoms with van der Waals surface area (Å²) in [5, 5.41) is 3.41. The first-order valence-electron chi connectivity index (χ1n) is 8.28. The lowest BCUT2D eigenvalue weighted by Crippen LogP contribution is -2.34. The van der Waals surface area contributed by atoms with Gasteiger partial charge in [-0.3, -0.25) is 4.79 Å². The lowest BCUT2D eigenvalue weighted by molar-refractivity contribution is -0.136. The average Bonchev–Trinajstić information content (AvgIpc) is 3.11. The van der Waals surface area contributed by atoms with Gasteiger partial charge >= 0.3 is 5.97 Å². The number of rotatable bonds is 5. The number of nitrogens with one attached hydrogen (secondary N) is 1. The monoisotopic (exact) mass is 405 g/mol. The molecule has 0 aromatic heterocycles. The van der Waals surface area contributed by atoms with Crippen molar-refractivity contribution in [1.29, 1.82) is 0 Å². The second-order valence-electron chi connectivity index (χ2n) is 6.00. The first-order chi connectivity index (χ1) is 13.0. The minimum atomic E-state index is -0.592. The number of halogens is 2. The van der Waals surface area contributed by atoms with E-state index in [4.69, 9.17) is 16.3 Å². The molecule has 0 bridgehead atoms. The lowest BCUT2D eigenvalue weighted by atomic mass is 10.1. The molecular formula is C20H17ClFNO3S. The van der Waals surface area contributed by atoms with Crippen LogP contribution in [0.5, 0.6) is 0 Å². The average molecular weight is 406 g/mol. The first-order valence-corrected chi connectivity index (χ1v) is 9.47. The Kier molecular flexibility index (Phi) is 6.19. The molecule has 2 aromatic rings. The van der Waals surface area contributed by atoms with Crippen LogP contribution in [-0.4, -0.2) is 25.0 Å². The van der Waals surface area contributed by atoms with Crippen molar-refractivity contribution in [2.24, 2.45) is 0 Å². The molecule has 4 nitrogen and oxygen atoms in total. The number of carbonyl (C=O) groups excluding carboxylic acids is 2. The highest BCUT2D eigenvalue weighted by Gasteiger charge is 2.26. The second kappa shape index (κ2) is 8.59. The van der Waals surface area contributed by atoms with Crippen LogP contribution in [0.2, 0.25) is 5.02 Å². The highest BCUT2D eigenvalue weighted by Crippen LogP contribution is 2.32. The van der Waals surface area contributed by atoms with Crippen molar-refractivity contribution in [1.82, 2.24) is 5.32 Å². The van der Waals surface area contributed by atoms with Gasteiger partial charge in [0.15, 0.2) is 0 Å². The van der Waals surface area contributed by atoms with E-state index in [2.05, 4.69) is 5.32 Å². The molecule has 1 unspecified atom stereocenters. The van der Waals surface area contributed by atoms with Crippen LogP contribution < -0.4 is 5.32 Å². The van der Waals surface area contributed by atoms with Crippen LogP contribution in [0.1, 0.15) is 23.2 Å². The Morgan fingerprint density at radius 3 is 2.67 bits per heavy atom. The highest BCUT2D eigenvalue weighted by molar-refractivity contribution is 7.99. The normalized spacial score (nSPS) is 16.0. The molecule has 0 heterocycles. The van der Waals surface area contributed by atoms with E-state index >= 15 is 0 Å². The minimum absolute atomic E-state index is 0.0102. The number of benzene rings is 2. The molecule has 0 saturated carbocycles. The molecule has 0 spiro atoms. The molecule has 27 heavy (non-hydrogen) atoms. The number of hydrogen-bond acceptors (Lipinski definition) is 4. The highest BCUT2D eigenvalue weighted by atomic mass is 35.5. The van der Waals surface area contributed by atoms with Crippen LogP contribution in [0.15, 0.2) is 63.9 Å². The maximum atomic E-state index is 14.4. The summed E-state index contributed by atoms with van der Waals surface area (Å²) in [5.41, 5.74) is 0.510. The fourth-order valence-electron chi connectivity index (χ4n) is 2.82. The SMILES string of the molecule is COC(=O)C1=CCC(NC(=O)c2c(F)cccc2Sc2ccc(Cl)cc2)C1. The summed E-state index contributed by atoms with van der Waals surface area (Å²) < 4.78 is 19.1. The topological polar surface area (TPSA) is 55.4 Å². The number of carbonyl (C=O) groups is 2. The van der Waals surface area contributed by atoms with Crippen LogP contribution in [-0.2, 0) is 9.53 Å². The molecule has 2 aromatic carbocycles. The van der Waals surface area contributed by atoms with Gasteiger partial charge in [0.2, 0.25) is 0 Å². The van der Waals surface area contributed by atoms with Crippen molar-refractivity contribution in [3.8, 4) is 0 Å². The maximum absolute atomic E-state index is 14.4. The predicted molar refractivity (Wildman–Crippen MR) is 103 cm³/mol. The Bertz CT molecular complexity index is 899. The van der Waals surface area contributed by atoms with Crippen LogP contribution in [0.4, 0.5) is 4.39 Å². The Labute approximate surface area is 165 Å². The number of amides is 1. The van der Waals surface area contributed by atoms with Crippen molar-refractivity contribution >= 4 is 35.2 Å². The molecule has 7 heteroatoms. The van der Waals surface area contributed by atoms with E-state index in [0.717, 1.165) is 4.90 Å². The molecule has 1 aliphatic carbocycles. The van der Waals surface area contributed by atoms with Gasteiger partial charge in [-0.1, -0.05) is 35.5 Å². The van der Waals surface area contributed by atoms with Gasteiger partial charge in [0.25, 0.3) is 5.91 Å². The summed E-state index contributed by atoms with van der Waals surface area (Å²) in [6.07, 6.45) is 2.61. The molecule has 0 aliphatic heterocycles. The fourth-order valence-corrected chi connectivity index (χ4v) is 3.91. The molecule has 0 saturated heterocycles. The smallest absolute Gasteiger partial charge is 0.333 e. The van der Waals surface area contributed by atoms with E-state index in [9.17, 15) is 14.0 Å². The molecule has 1 aliphatic rings. The fraction of sp³-hybridized carbons (Fsp3) is 0.200. The summed E-state index contributed by atoms with van der Waals surface area (Å²) in [6.45, 7) is 0. The van der Waals surface area contributed by atoms with Gasteiger partial charge in [0.05, 0.1) is 12.7 Å². The number of methoxy groups -OCH3 is 1. The van der Waals surface area contributed by atoms with Crippen molar-refractivity contribution in [3.05, 3.63) is 70.5 Å². The third-order valence-corrected chi connectivity index (χ3v) is 5.46. The molecule has 0 radical (unpaired) electrons. The zero-order valence-electron chi connectivity index (χ0n) is 14.5.